The average molecular weight is 533 g/mol. The van der Waals surface area contributed by atoms with Crippen LogP contribution in [0.25, 0.3) is 6.08 Å². The summed E-state index contributed by atoms with van der Waals surface area (Å²) in [5.41, 5.74) is 4.36. The molecule has 0 saturated carbocycles. The number of aryl methyl sites for hydroxylation is 2. The van der Waals surface area contributed by atoms with Crippen LogP contribution >= 0.6 is 0 Å². The SMILES string of the molecule is COc1ccc(C=C2C(=O)N(c3ccccc3)C(=O)N(c3ccccc3)C2=O)c(OCc2ccc(C)c(C)c2)c1. The highest BCUT2D eigenvalue weighted by Gasteiger charge is 2.43. The lowest BCUT2D eigenvalue weighted by atomic mass is 10.0. The second-order valence-electron chi connectivity index (χ2n) is 9.40. The van der Waals surface area contributed by atoms with Crippen molar-refractivity contribution in [3.8, 4) is 11.5 Å². The van der Waals surface area contributed by atoms with Gasteiger partial charge in [0.2, 0.25) is 0 Å². The lowest BCUT2D eigenvalue weighted by Crippen LogP contribution is -2.57. The number of para-hydroxylation sites is 2. The number of nitrogens with zero attached hydrogens (tertiary/aromatic N) is 2. The fraction of sp³-hybridized carbons (Fsp3) is 0.121. The quantitative estimate of drug-likeness (QED) is 0.201. The largest absolute Gasteiger partial charge is 0.497 e. The number of rotatable bonds is 7. The van der Waals surface area contributed by atoms with E-state index in [1.54, 1.807) is 86.0 Å². The molecule has 4 amide bonds. The van der Waals surface area contributed by atoms with Crippen molar-refractivity contribution in [3.63, 3.8) is 0 Å². The second kappa shape index (κ2) is 11.3. The molecule has 5 rings (SSSR count). The molecule has 1 saturated heterocycles. The van der Waals surface area contributed by atoms with E-state index in [0.29, 0.717) is 28.4 Å². The van der Waals surface area contributed by atoms with Crippen molar-refractivity contribution in [2.45, 2.75) is 20.5 Å². The van der Waals surface area contributed by atoms with E-state index in [0.717, 1.165) is 20.9 Å². The van der Waals surface area contributed by atoms with E-state index in [2.05, 4.69) is 6.07 Å². The number of amides is 4. The number of barbiturate groups is 1. The van der Waals surface area contributed by atoms with Crippen LogP contribution in [-0.2, 0) is 16.2 Å². The van der Waals surface area contributed by atoms with Crippen molar-refractivity contribution < 1.29 is 23.9 Å². The first-order valence-corrected chi connectivity index (χ1v) is 12.8. The molecule has 0 N–H and O–H groups in total. The maximum absolute atomic E-state index is 13.7. The Morgan fingerprint density at radius 1 is 0.700 bits per heavy atom. The van der Waals surface area contributed by atoms with Crippen LogP contribution < -0.4 is 19.3 Å². The number of carbonyl (C=O) groups excluding carboxylic acids is 3. The van der Waals surface area contributed by atoms with E-state index in [4.69, 9.17) is 9.47 Å². The lowest BCUT2D eigenvalue weighted by molar-refractivity contribution is -0.121. The molecule has 7 nitrogen and oxygen atoms in total. The van der Waals surface area contributed by atoms with E-state index < -0.39 is 17.8 Å². The molecule has 4 aromatic carbocycles. The van der Waals surface area contributed by atoms with Gasteiger partial charge < -0.3 is 9.47 Å². The van der Waals surface area contributed by atoms with E-state index in [9.17, 15) is 14.4 Å². The minimum atomic E-state index is -0.745. The number of hydrogen-bond donors (Lipinski definition) is 0. The Bertz CT molecular complexity index is 1550. The highest BCUT2D eigenvalue weighted by molar-refractivity contribution is 6.46. The zero-order chi connectivity index (χ0) is 28.2. The number of anilines is 2. The van der Waals surface area contributed by atoms with Crippen LogP contribution in [0.1, 0.15) is 22.3 Å². The molecule has 1 aliphatic rings. The Hall–Kier alpha value is -5.17. The summed E-state index contributed by atoms with van der Waals surface area (Å²) < 4.78 is 11.6. The fourth-order valence-electron chi connectivity index (χ4n) is 4.43. The van der Waals surface area contributed by atoms with Gasteiger partial charge in [-0.3, -0.25) is 9.59 Å². The average Bonchev–Trinajstić information content (AvgIpc) is 2.97. The van der Waals surface area contributed by atoms with Crippen LogP contribution in [0.3, 0.4) is 0 Å². The van der Waals surface area contributed by atoms with Gasteiger partial charge in [0.05, 0.1) is 18.5 Å². The standard InChI is InChI=1S/C33H28N2O5/c1-22-14-15-24(18-23(22)2)21-40-30-20-28(39-3)17-16-25(30)19-29-31(36)34(26-10-6-4-7-11-26)33(38)35(32(29)37)27-12-8-5-9-13-27/h4-20H,21H2,1-3H3. The van der Waals surface area contributed by atoms with Crippen molar-refractivity contribution in [1.29, 1.82) is 0 Å². The van der Waals surface area contributed by atoms with E-state index in [-0.39, 0.29) is 12.2 Å². The minimum absolute atomic E-state index is 0.173. The molecule has 40 heavy (non-hydrogen) atoms. The number of benzene rings is 4. The fourth-order valence-corrected chi connectivity index (χ4v) is 4.43. The molecule has 1 aliphatic heterocycles. The molecule has 0 bridgehead atoms. The number of ether oxygens (including phenoxy) is 2. The molecule has 0 unspecified atom stereocenters. The minimum Gasteiger partial charge on any atom is -0.497 e. The van der Waals surface area contributed by atoms with Gasteiger partial charge in [-0.25, -0.2) is 14.6 Å². The number of hydrogen-bond acceptors (Lipinski definition) is 5. The summed E-state index contributed by atoms with van der Waals surface area (Å²) in [5, 5.41) is 0. The highest BCUT2D eigenvalue weighted by Crippen LogP contribution is 2.33. The molecule has 0 atom stereocenters. The molecule has 1 heterocycles. The number of imide groups is 2. The predicted molar refractivity (Wildman–Crippen MR) is 154 cm³/mol. The molecule has 0 spiro atoms. The molecule has 0 radical (unpaired) electrons. The lowest BCUT2D eigenvalue weighted by Gasteiger charge is -2.34. The summed E-state index contributed by atoms with van der Waals surface area (Å²) in [6, 6.07) is 27.6. The van der Waals surface area contributed by atoms with Gasteiger partial charge in [-0.15, -0.1) is 0 Å². The van der Waals surface area contributed by atoms with Gasteiger partial charge in [0.25, 0.3) is 11.8 Å². The molecular formula is C33H28N2O5. The second-order valence-corrected chi connectivity index (χ2v) is 9.40. The van der Waals surface area contributed by atoms with Gasteiger partial charge in [0.15, 0.2) is 0 Å². The molecule has 0 aromatic heterocycles. The number of urea groups is 1. The third-order valence-corrected chi connectivity index (χ3v) is 6.76. The zero-order valence-corrected chi connectivity index (χ0v) is 22.5. The van der Waals surface area contributed by atoms with Gasteiger partial charge in [0.1, 0.15) is 23.7 Å². The number of carbonyl (C=O) groups is 3. The summed E-state index contributed by atoms with van der Waals surface area (Å²) in [6.45, 7) is 4.36. The van der Waals surface area contributed by atoms with Crippen molar-refractivity contribution in [3.05, 3.63) is 125 Å². The summed E-state index contributed by atoms with van der Waals surface area (Å²) in [5.74, 6) is -0.445. The third kappa shape index (κ3) is 5.22. The Labute approximate surface area is 232 Å². The van der Waals surface area contributed by atoms with Crippen LogP contribution in [0.2, 0.25) is 0 Å². The topological polar surface area (TPSA) is 76.2 Å². The van der Waals surface area contributed by atoms with Crippen molar-refractivity contribution in [2.75, 3.05) is 16.9 Å². The monoisotopic (exact) mass is 532 g/mol. The molecule has 1 fully saturated rings. The van der Waals surface area contributed by atoms with Gasteiger partial charge in [-0.2, -0.15) is 0 Å². The Balaban J connectivity index is 1.58. The maximum Gasteiger partial charge on any atom is 0.343 e. The Kier molecular flexibility index (Phi) is 7.46. The molecule has 7 heteroatoms. The molecule has 4 aromatic rings. The first-order valence-electron chi connectivity index (χ1n) is 12.8. The molecule has 0 aliphatic carbocycles. The van der Waals surface area contributed by atoms with Gasteiger partial charge in [0, 0.05) is 11.6 Å². The van der Waals surface area contributed by atoms with Crippen LogP contribution in [0.15, 0.2) is 103 Å². The smallest absolute Gasteiger partial charge is 0.343 e. The van der Waals surface area contributed by atoms with E-state index in [1.165, 1.54) is 11.6 Å². The molecular weight excluding hydrogens is 504 g/mol. The first-order chi connectivity index (χ1) is 19.4. The summed E-state index contributed by atoms with van der Waals surface area (Å²) >= 11 is 0. The Morgan fingerprint density at radius 3 is 1.85 bits per heavy atom. The van der Waals surface area contributed by atoms with Gasteiger partial charge >= 0.3 is 6.03 Å². The van der Waals surface area contributed by atoms with Crippen molar-refractivity contribution >= 4 is 35.3 Å². The third-order valence-electron chi connectivity index (χ3n) is 6.76. The number of methoxy groups -OCH3 is 1. The van der Waals surface area contributed by atoms with E-state index in [1.807, 2.05) is 26.0 Å². The highest BCUT2D eigenvalue weighted by atomic mass is 16.5. The van der Waals surface area contributed by atoms with Crippen molar-refractivity contribution in [1.82, 2.24) is 0 Å². The van der Waals surface area contributed by atoms with E-state index >= 15 is 0 Å². The van der Waals surface area contributed by atoms with Crippen LogP contribution in [0.4, 0.5) is 16.2 Å². The van der Waals surface area contributed by atoms with Crippen molar-refractivity contribution in [2.24, 2.45) is 0 Å². The zero-order valence-electron chi connectivity index (χ0n) is 22.5. The van der Waals surface area contributed by atoms with Crippen LogP contribution in [0, 0.1) is 13.8 Å². The van der Waals surface area contributed by atoms with Gasteiger partial charge in [-0.1, -0.05) is 54.6 Å². The van der Waals surface area contributed by atoms with Gasteiger partial charge in [-0.05, 0) is 73.0 Å². The molecule has 200 valence electrons. The summed E-state index contributed by atoms with van der Waals surface area (Å²) in [7, 11) is 1.55. The first kappa shape index (κ1) is 26.4. The Morgan fingerprint density at radius 2 is 1.30 bits per heavy atom. The van der Waals surface area contributed by atoms with Crippen LogP contribution in [0.5, 0.6) is 11.5 Å². The normalized spacial score (nSPS) is 13.5. The summed E-state index contributed by atoms with van der Waals surface area (Å²) in [4.78, 5) is 43.0. The maximum atomic E-state index is 13.7. The van der Waals surface area contributed by atoms with Crippen LogP contribution in [-0.4, -0.2) is 25.0 Å². The summed E-state index contributed by atoms with van der Waals surface area (Å²) in [6.07, 6.45) is 1.47. The predicted octanol–water partition coefficient (Wildman–Crippen LogP) is 6.47.